The zero-order chi connectivity index (χ0) is 23.5. The van der Waals surface area contributed by atoms with Crippen LogP contribution in [-0.2, 0) is 11.3 Å². The number of amides is 1. The Morgan fingerprint density at radius 3 is 2.45 bits per heavy atom. The summed E-state index contributed by atoms with van der Waals surface area (Å²) in [6, 6.07) is 13.3. The van der Waals surface area contributed by atoms with Gasteiger partial charge in [0.2, 0.25) is 0 Å². The van der Waals surface area contributed by atoms with Gasteiger partial charge in [-0.25, -0.2) is 9.48 Å². The van der Waals surface area contributed by atoms with Crippen molar-refractivity contribution in [1.82, 2.24) is 9.78 Å². The number of halogens is 1. The minimum absolute atomic E-state index is 0.275. The molecule has 2 heterocycles. The highest BCUT2D eigenvalue weighted by Gasteiger charge is 2.24. The minimum Gasteiger partial charge on any atom is -0.465 e. The monoisotopic (exact) mass is 466 g/mol. The minimum atomic E-state index is -0.460. The first kappa shape index (κ1) is 22.9. The molecular weight excluding hydrogens is 440 g/mol. The number of carbonyl (C=O) groups is 2. The Morgan fingerprint density at radius 2 is 1.79 bits per heavy atom. The summed E-state index contributed by atoms with van der Waals surface area (Å²) >= 11 is 6.60. The zero-order valence-corrected chi connectivity index (χ0v) is 19.8. The highest BCUT2D eigenvalue weighted by Crippen LogP contribution is 2.32. The molecule has 1 aromatic heterocycles. The van der Waals surface area contributed by atoms with Crippen LogP contribution >= 0.6 is 11.6 Å². The highest BCUT2D eigenvalue weighted by atomic mass is 35.5. The van der Waals surface area contributed by atoms with Crippen LogP contribution in [0.2, 0.25) is 5.15 Å². The van der Waals surface area contributed by atoms with E-state index < -0.39 is 5.97 Å². The normalized spacial score (nSPS) is 13.3. The van der Waals surface area contributed by atoms with Crippen LogP contribution in [0.3, 0.4) is 0 Å². The first-order valence-electron chi connectivity index (χ1n) is 10.9. The van der Waals surface area contributed by atoms with Crippen molar-refractivity contribution in [2.75, 3.05) is 30.4 Å². The molecule has 3 aromatic rings. The molecule has 2 aromatic carbocycles. The smallest absolute Gasteiger partial charge is 0.337 e. The number of aromatic nitrogens is 2. The summed E-state index contributed by atoms with van der Waals surface area (Å²) in [5, 5.41) is 7.73. The van der Waals surface area contributed by atoms with Gasteiger partial charge in [-0.05, 0) is 50.5 Å². The van der Waals surface area contributed by atoms with E-state index in [1.54, 1.807) is 23.7 Å². The van der Waals surface area contributed by atoms with Crippen LogP contribution < -0.4 is 10.2 Å². The molecule has 0 radical (unpaired) electrons. The Balaban J connectivity index is 1.63. The van der Waals surface area contributed by atoms with Crippen LogP contribution in [-0.4, -0.2) is 41.9 Å². The third-order valence-corrected chi connectivity index (χ3v) is 6.24. The largest absolute Gasteiger partial charge is 0.465 e. The fourth-order valence-electron chi connectivity index (χ4n) is 4.08. The number of aryl methyl sites for hydroxylation is 2. The number of hydrogen-bond donors (Lipinski definition) is 1. The Kier molecular flexibility index (Phi) is 6.70. The SMILES string of the molecule is COC(=O)c1ccc(N2CCCC2)c(NC(=O)c2c(C)nn(Cc3ccc(C)cc3)c2Cl)c1. The molecule has 0 unspecified atom stereocenters. The number of carbonyl (C=O) groups excluding carboxylic acids is 2. The van der Waals surface area contributed by atoms with E-state index in [0.29, 0.717) is 29.1 Å². The second-order valence-corrected chi connectivity index (χ2v) is 8.62. The van der Waals surface area contributed by atoms with Crippen molar-refractivity contribution in [3.63, 3.8) is 0 Å². The van der Waals surface area contributed by atoms with Gasteiger partial charge in [-0.1, -0.05) is 41.4 Å². The van der Waals surface area contributed by atoms with E-state index in [9.17, 15) is 9.59 Å². The first-order valence-corrected chi connectivity index (χ1v) is 11.3. The maximum Gasteiger partial charge on any atom is 0.337 e. The molecule has 1 fully saturated rings. The summed E-state index contributed by atoms with van der Waals surface area (Å²) in [4.78, 5) is 27.6. The molecule has 0 spiro atoms. The predicted molar refractivity (Wildman–Crippen MR) is 129 cm³/mol. The van der Waals surface area contributed by atoms with Gasteiger partial charge in [0.15, 0.2) is 0 Å². The van der Waals surface area contributed by atoms with Gasteiger partial charge in [0, 0.05) is 13.1 Å². The summed E-state index contributed by atoms with van der Waals surface area (Å²) in [6.07, 6.45) is 2.17. The van der Waals surface area contributed by atoms with Crippen molar-refractivity contribution in [2.24, 2.45) is 0 Å². The molecule has 0 atom stereocenters. The number of nitrogens with one attached hydrogen (secondary N) is 1. The van der Waals surface area contributed by atoms with E-state index in [0.717, 1.165) is 37.2 Å². The van der Waals surface area contributed by atoms with Gasteiger partial charge in [-0.15, -0.1) is 0 Å². The standard InChI is InChI=1S/C25H27ClN4O3/c1-16-6-8-18(9-7-16)15-30-23(26)22(17(2)28-30)24(31)27-20-14-19(25(32)33-3)10-11-21(20)29-12-4-5-13-29/h6-11,14H,4-5,12-13,15H2,1-3H3,(H,27,31). The summed E-state index contributed by atoms with van der Waals surface area (Å²) in [6.45, 7) is 6.05. The number of benzene rings is 2. The van der Waals surface area contributed by atoms with Crippen molar-refractivity contribution in [2.45, 2.75) is 33.2 Å². The second-order valence-electron chi connectivity index (χ2n) is 8.27. The van der Waals surface area contributed by atoms with E-state index in [2.05, 4.69) is 15.3 Å². The lowest BCUT2D eigenvalue weighted by molar-refractivity contribution is 0.0600. The highest BCUT2D eigenvalue weighted by molar-refractivity contribution is 6.33. The van der Waals surface area contributed by atoms with Gasteiger partial charge >= 0.3 is 5.97 Å². The quantitative estimate of drug-likeness (QED) is 0.526. The van der Waals surface area contributed by atoms with Gasteiger partial charge < -0.3 is 15.0 Å². The second kappa shape index (κ2) is 9.67. The lowest BCUT2D eigenvalue weighted by Gasteiger charge is -2.22. The third kappa shape index (κ3) is 4.88. The number of nitrogens with zero attached hydrogens (tertiary/aromatic N) is 3. The number of ether oxygens (including phenoxy) is 1. The molecule has 8 heteroatoms. The van der Waals surface area contributed by atoms with E-state index in [4.69, 9.17) is 16.3 Å². The Morgan fingerprint density at radius 1 is 1.09 bits per heavy atom. The Hall–Kier alpha value is -3.32. The topological polar surface area (TPSA) is 76.5 Å². The Labute approximate surface area is 198 Å². The lowest BCUT2D eigenvalue weighted by atomic mass is 10.1. The van der Waals surface area contributed by atoms with Crippen molar-refractivity contribution >= 4 is 34.9 Å². The molecule has 0 bridgehead atoms. The van der Waals surface area contributed by atoms with Gasteiger partial charge in [-0.3, -0.25) is 4.79 Å². The van der Waals surface area contributed by atoms with E-state index >= 15 is 0 Å². The van der Waals surface area contributed by atoms with Crippen LogP contribution in [0.25, 0.3) is 0 Å². The van der Waals surface area contributed by atoms with Crippen LogP contribution in [0.5, 0.6) is 0 Å². The van der Waals surface area contributed by atoms with Gasteiger partial charge in [-0.2, -0.15) is 5.10 Å². The average molecular weight is 467 g/mol. The number of hydrogen-bond acceptors (Lipinski definition) is 5. The average Bonchev–Trinajstić information content (AvgIpc) is 3.43. The number of anilines is 2. The van der Waals surface area contributed by atoms with Crippen LogP contribution in [0.15, 0.2) is 42.5 Å². The van der Waals surface area contributed by atoms with E-state index in [-0.39, 0.29) is 11.1 Å². The van der Waals surface area contributed by atoms with E-state index in [1.807, 2.05) is 37.3 Å². The summed E-state index contributed by atoms with van der Waals surface area (Å²) in [7, 11) is 1.33. The van der Waals surface area contributed by atoms with Crippen LogP contribution in [0.4, 0.5) is 11.4 Å². The summed E-state index contributed by atoms with van der Waals surface area (Å²) in [5.41, 5.74) is 4.86. The number of esters is 1. The maximum atomic E-state index is 13.3. The fraction of sp³-hybridized carbons (Fsp3) is 0.320. The van der Waals surface area contributed by atoms with Gasteiger partial charge in [0.1, 0.15) is 5.15 Å². The predicted octanol–water partition coefficient (Wildman–Crippen LogP) is 4.84. The van der Waals surface area contributed by atoms with Crippen molar-refractivity contribution in [1.29, 1.82) is 0 Å². The molecule has 4 rings (SSSR count). The number of rotatable bonds is 6. The molecule has 1 amide bonds. The Bertz CT molecular complexity index is 1180. The van der Waals surface area contributed by atoms with Gasteiger partial charge in [0.25, 0.3) is 5.91 Å². The fourth-order valence-corrected chi connectivity index (χ4v) is 4.40. The van der Waals surface area contributed by atoms with Crippen molar-refractivity contribution in [3.8, 4) is 0 Å². The van der Waals surface area contributed by atoms with Gasteiger partial charge in [0.05, 0.1) is 41.9 Å². The van der Waals surface area contributed by atoms with Crippen LogP contribution in [0.1, 0.15) is 50.4 Å². The molecule has 7 nitrogen and oxygen atoms in total. The molecule has 0 saturated carbocycles. The molecular formula is C25H27ClN4O3. The molecule has 172 valence electrons. The summed E-state index contributed by atoms with van der Waals surface area (Å²) < 4.78 is 6.48. The lowest BCUT2D eigenvalue weighted by Crippen LogP contribution is -2.22. The van der Waals surface area contributed by atoms with E-state index in [1.165, 1.54) is 12.7 Å². The molecule has 33 heavy (non-hydrogen) atoms. The molecule has 1 saturated heterocycles. The van der Waals surface area contributed by atoms with Crippen molar-refractivity contribution in [3.05, 3.63) is 75.6 Å². The summed E-state index contributed by atoms with van der Waals surface area (Å²) in [5.74, 6) is -0.825. The zero-order valence-electron chi connectivity index (χ0n) is 19.0. The third-order valence-electron chi connectivity index (χ3n) is 5.86. The molecule has 1 aliphatic rings. The number of methoxy groups -OCH3 is 1. The first-order chi connectivity index (χ1) is 15.9. The van der Waals surface area contributed by atoms with Crippen LogP contribution in [0, 0.1) is 13.8 Å². The molecule has 1 N–H and O–H groups in total. The maximum absolute atomic E-state index is 13.3. The molecule has 1 aliphatic heterocycles. The molecule has 0 aliphatic carbocycles. The van der Waals surface area contributed by atoms with Crippen molar-refractivity contribution < 1.29 is 14.3 Å².